The van der Waals surface area contributed by atoms with Crippen LogP contribution in [-0.2, 0) is 24.1 Å². The van der Waals surface area contributed by atoms with Gasteiger partial charge in [0.1, 0.15) is 15.0 Å². The molecule has 1 amide bonds. The van der Waals surface area contributed by atoms with Gasteiger partial charge in [-0.25, -0.2) is 4.98 Å². The number of amides is 1. The van der Waals surface area contributed by atoms with Gasteiger partial charge in [0.05, 0.1) is 11.1 Å². The number of nitrogens with zero attached hydrogens (tertiary/aromatic N) is 1. The molecule has 8 heteroatoms. The first kappa shape index (κ1) is 16.8. The number of nitrogens with one attached hydrogen (secondary N) is 2. The van der Waals surface area contributed by atoms with E-state index in [1.165, 1.54) is 28.2 Å². The molecule has 0 saturated carbocycles. The zero-order valence-corrected chi connectivity index (χ0v) is 15.7. The molecule has 0 atom stereocenters. The zero-order chi connectivity index (χ0) is 17.4. The second kappa shape index (κ2) is 6.90. The third-order valence-electron chi connectivity index (χ3n) is 4.36. The molecule has 3 heterocycles. The third-order valence-corrected chi connectivity index (χ3v) is 6.71. The summed E-state index contributed by atoms with van der Waals surface area (Å²) in [4.78, 5) is 34.1. The summed E-state index contributed by atoms with van der Waals surface area (Å²) in [7, 11) is 0. The fourth-order valence-corrected chi connectivity index (χ4v) is 5.27. The van der Waals surface area contributed by atoms with Gasteiger partial charge in [-0.05, 0) is 42.7 Å². The number of aryl methyl sites for hydroxylation is 3. The van der Waals surface area contributed by atoms with Crippen LogP contribution in [-0.4, -0.2) is 15.9 Å². The van der Waals surface area contributed by atoms with Crippen molar-refractivity contribution >= 4 is 56.1 Å². The lowest BCUT2D eigenvalue weighted by atomic mass is 9.97. The summed E-state index contributed by atoms with van der Waals surface area (Å²) in [5.74, 6) is 0.413. The van der Waals surface area contributed by atoms with Crippen molar-refractivity contribution in [3.63, 3.8) is 0 Å². The Morgan fingerprint density at radius 3 is 3.00 bits per heavy atom. The molecule has 0 unspecified atom stereocenters. The molecule has 2 N–H and O–H groups in total. The van der Waals surface area contributed by atoms with E-state index < -0.39 is 0 Å². The SMILES string of the molecule is O=C(CCc1nc2sc3c(c2c(=O)[nH]1)CCCC3)Nc1ccsc1Cl. The summed E-state index contributed by atoms with van der Waals surface area (Å²) in [5.41, 5.74) is 1.72. The highest BCUT2D eigenvalue weighted by Crippen LogP contribution is 2.33. The number of carbonyl (C=O) groups excluding carboxylic acids is 1. The average molecular weight is 394 g/mol. The smallest absolute Gasteiger partial charge is 0.259 e. The number of hydrogen-bond acceptors (Lipinski definition) is 5. The summed E-state index contributed by atoms with van der Waals surface area (Å²) in [6.07, 6.45) is 4.94. The van der Waals surface area contributed by atoms with Gasteiger partial charge in [-0.15, -0.1) is 22.7 Å². The Balaban J connectivity index is 1.51. The maximum atomic E-state index is 12.5. The van der Waals surface area contributed by atoms with Crippen LogP contribution in [0.2, 0.25) is 4.34 Å². The Labute approximate surface area is 157 Å². The molecule has 3 aromatic heterocycles. The van der Waals surface area contributed by atoms with E-state index >= 15 is 0 Å². The van der Waals surface area contributed by atoms with Crippen LogP contribution < -0.4 is 10.9 Å². The first-order valence-electron chi connectivity index (χ1n) is 8.18. The minimum absolute atomic E-state index is 0.0827. The molecule has 1 aliphatic carbocycles. The van der Waals surface area contributed by atoms with Gasteiger partial charge in [-0.3, -0.25) is 9.59 Å². The Morgan fingerprint density at radius 2 is 2.20 bits per heavy atom. The molecular formula is C17H16ClN3O2S2. The van der Waals surface area contributed by atoms with E-state index in [-0.39, 0.29) is 17.9 Å². The molecule has 0 radical (unpaired) electrons. The summed E-state index contributed by atoms with van der Waals surface area (Å²) in [6, 6.07) is 1.77. The highest BCUT2D eigenvalue weighted by atomic mass is 35.5. The lowest BCUT2D eigenvalue weighted by Crippen LogP contribution is -2.16. The van der Waals surface area contributed by atoms with E-state index in [1.54, 1.807) is 17.4 Å². The van der Waals surface area contributed by atoms with Crippen LogP contribution in [0.15, 0.2) is 16.2 Å². The van der Waals surface area contributed by atoms with Gasteiger partial charge in [-0.2, -0.15) is 0 Å². The van der Waals surface area contributed by atoms with Gasteiger partial charge in [0, 0.05) is 17.7 Å². The first-order chi connectivity index (χ1) is 12.1. The number of rotatable bonds is 4. The standard InChI is InChI=1S/C17H16ClN3O2S2/c18-15-10(7-8-24-15)19-13(22)6-5-12-20-16(23)14-9-3-1-2-4-11(9)25-17(14)21-12/h7-8H,1-6H2,(H,19,22)(H,20,21,23). The van der Waals surface area contributed by atoms with Gasteiger partial charge in [0.25, 0.3) is 5.56 Å². The molecule has 0 bridgehead atoms. The second-order valence-electron chi connectivity index (χ2n) is 6.06. The minimum atomic E-state index is -0.145. The van der Waals surface area contributed by atoms with E-state index in [9.17, 15) is 9.59 Å². The van der Waals surface area contributed by atoms with Crippen LogP contribution in [0.4, 0.5) is 5.69 Å². The van der Waals surface area contributed by atoms with Crippen LogP contribution in [0.5, 0.6) is 0 Å². The summed E-state index contributed by atoms with van der Waals surface area (Å²) in [5, 5.41) is 5.35. The molecule has 0 aliphatic heterocycles. The number of thiophene rings is 2. The van der Waals surface area contributed by atoms with Crippen LogP contribution in [0.3, 0.4) is 0 Å². The van der Waals surface area contributed by atoms with Crippen molar-refractivity contribution in [1.82, 2.24) is 9.97 Å². The normalized spacial score (nSPS) is 13.8. The van der Waals surface area contributed by atoms with Crippen molar-refractivity contribution in [3.05, 3.63) is 42.4 Å². The third kappa shape index (κ3) is 3.36. The Morgan fingerprint density at radius 1 is 1.36 bits per heavy atom. The van der Waals surface area contributed by atoms with Gasteiger partial charge in [0.2, 0.25) is 5.91 Å². The van der Waals surface area contributed by atoms with Gasteiger partial charge in [-0.1, -0.05) is 11.6 Å². The molecule has 25 heavy (non-hydrogen) atoms. The van der Waals surface area contributed by atoms with Gasteiger partial charge < -0.3 is 10.3 Å². The highest BCUT2D eigenvalue weighted by molar-refractivity contribution is 7.18. The van der Waals surface area contributed by atoms with E-state index in [0.29, 0.717) is 22.3 Å². The van der Waals surface area contributed by atoms with Crippen molar-refractivity contribution in [2.24, 2.45) is 0 Å². The van der Waals surface area contributed by atoms with Gasteiger partial charge >= 0.3 is 0 Å². The number of carbonyl (C=O) groups is 1. The van der Waals surface area contributed by atoms with Crippen LogP contribution in [0, 0.1) is 0 Å². The highest BCUT2D eigenvalue weighted by Gasteiger charge is 2.20. The molecule has 0 aromatic carbocycles. The lowest BCUT2D eigenvalue weighted by Gasteiger charge is -2.09. The molecule has 0 fully saturated rings. The molecule has 5 nitrogen and oxygen atoms in total. The zero-order valence-electron chi connectivity index (χ0n) is 13.4. The van der Waals surface area contributed by atoms with Gasteiger partial charge in [0.15, 0.2) is 0 Å². The van der Waals surface area contributed by atoms with Crippen molar-refractivity contribution in [3.8, 4) is 0 Å². The second-order valence-corrected chi connectivity index (χ2v) is 8.66. The Kier molecular flexibility index (Phi) is 4.62. The van der Waals surface area contributed by atoms with Crippen LogP contribution >= 0.6 is 34.3 Å². The van der Waals surface area contributed by atoms with Crippen LogP contribution in [0.1, 0.15) is 35.5 Å². The predicted molar refractivity (Wildman–Crippen MR) is 103 cm³/mol. The summed E-state index contributed by atoms with van der Waals surface area (Å²) < 4.78 is 0.561. The fraction of sp³-hybridized carbons (Fsp3) is 0.353. The number of aromatic amines is 1. The molecule has 1 aliphatic rings. The van der Waals surface area contributed by atoms with Crippen molar-refractivity contribution < 1.29 is 4.79 Å². The number of fused-ring (bicyclic) bond motifs is 3. The molecule has 0 spiro atoms. The number of aromatic nitrogens is 2. The maximum Gasteiger partial charge on any atom is 0.259 e. The predicted octanol–water partition coefficient (Wildman–Crippen LogP) is 4.15. The van der Waals surface area contributed by atoms with E-state index in [0.717, 1.165) is 29.5 Å². The summed E-state index contributed by atoms with van der Waals surface area (Å²) >= 11 is 8.97. The fourth-order valence-electron chi connectivity index (χ4n) is 3.15. The quantitative estimate of drug-likeness (QED) is 0.699. The molecular weight excluding hydrogens is 378 g/mol. The van der Waals surface area contributed by atoms with Crippen LogP contribution in [0.25, 0.3) is 10.2 Å². The topological polar surface area (TPSA) is 74.8 Å². The number of H-pyrrole nitrogens is 1. The number of hydrogen-bond donors (Lipinski definition) is 2. The number of anilines is 1. The molecule has 3 aromatic rings. The van der Waals surface area contributed by atoms with Crippen molar-refractivity contribution in [1.29, 1.82) is 0 Å². The molecule has 0 saturated heterocycles. The van der Waals surface area contributed by atoms with Crippen molar-refractivity contribution in [2.75, 3.05) is 5.32 Å². The first-order valence-corrected chi connectivity index (χ1v) is 10.3. The maximum absolute atomic E-state index is 12.5. The van der Waals surface area contributed by atoms with E-state index in [2.05, 4.69) is 15.3 Å². The number of halogens is 1. The lowest BCUT2D eigenvalue weighted by molar-refractivity contribution is -0.116. The molecule has 4 rings (SSSR count). The average Bonchev–Trinajstić information content (AvgIpc) is 3.16. The van der Waals surface area contributed by atoms with Crippen molar-refractivity contribution in [2.45, 2.75) is 38.5 Å². The monoisotopic (exact) mass is 393 g/mol. The Hall–Kier alpha value is -1.70. The Bertz CT molecular complexity index is 1010. The van der Waals surface area contributed by atoms with E-state index in [1.807, 2.05) is 5.38 Å². The van der Waals surface area contributed by atoms with E-state index in [4.69, 9.17) is 11.6 Å². The largest absolute Gasteiger partial charge is 0.324 e. The summed E-state index contributed by atoms with van der Waals surface area (Å²) in [6.45, 7) is 0. The minimum Gasteiger partial charge on any atom is -0.324 e. The molecule has 130 valence electrons.